The molecule has 0 amide bonds. The third kappa shape index (κ3) is 2.65. The van der Waals surface area contributed by atoms with Crippen LogP contribution in [0.4, 0.5) is 5.95 Å². The molecule has 108 valence electrons. The summed E-state index contributed by atoms with van der Waals surface area (Å²) in [7, 11) is -3.92. The predicted octanol–water partition coefficient (Wildman–Crippen LogP) is 2.46. The number of anilines is 1. The van der Waals surface area contributed by atoms with E-state index in [9.17, 15) is 8.42 Å². The Bertz CT molecular complexity index is 925. The van der Waals surface area contributed by atoms with Gasteiger partial charge in [-0.1, -0.05) is 35.3 Å². The lowest BCUT2D eigenvalue weighted by molar-refractivity contribution is 0.601. The fraction of sp³-hybridized carbons (Fsp3) is 0. The lowest BCUT2D eigenvalue weighted by Crippen LogP contribution is -2.15. The summed E-state index contributed by atoms with van der Waals surface area (Å²) in [5.41, 5.74) is 0.684. The number of H-pyrrole nitrogens is 1. The van der Waals surface area contributed by atoms with E-state index in [1.165, 1.54) is 18.5 Å². The number of imidazole rings is 1. The highest BCUT2D eigenvalue weighted by Crippen LogP contribution is 2.24. The van der Waals surface area contributed by atoms with Gasteiger partial charge in [-0.05, 0) is 12.1 Å². The SMILES string of the molecule is O=S(=O)(Nc1nc(Cl)c2[nH]cnc2n1)c1ccccc1Cl. The molecule has 10 heteroatoms. The Morgan fingerprint density at radius 1 is 1.14 bits per heavy atom. The van der Waals surface area contributed by atoms with Crippen LogP contribution >= 0.6 is 23.2 Å². The molecule has 0 aliphatic rings. The van der Waals surface area contributed by atoms with Crippen molar-refractivity contribution in [3.63, 3.8) is 0 Å². The summed E-state index contributed by atoms with van der Waals surface area (Å²) in [5, 5.41) is 0.159. The van der Waals surface area contributed by atoms with Gasteiger partial charge in [0.05, 0.1) is 11.3 Å². The molecule has 3 aromatic rings. The summed E-state index contributed by atoms with van der Waals surface area (Å²) >= 11 is 11.8. The van der Waals surface area contributed by atoms with Gasteiger partial charge in [-0.3, -0.25) is 0 Å². The van der Waals surface area contributed by atoms with E-state index in [1.807, 2.05) is 0 Å². The molecular weight excluding hydrogens is 337 g/mol. The molecule has 0 spiro atoms. The minimum Gasteiger partial charge on any atom is -0.341 e. The summed E-state index contributed by atoms with van der Waals surface area (Å²) < 4.78 is 26.7. The van der Waals surface area contributed by atoms with Gasteiger partial charge < -0.3 is 4.98 Å². The molecule has 7 nitrogen and oxygen atoms in total. The van der Waals surface area contributed by atoms with Crippen molar-refractivity contribution in [3.05, 3.63) is 40.8 Å². The summed E-state index contributed by atoms with van der Waals surface area (Å²) in [4.78, 5) is 14.4. The number of aromatic amines is 1. The number of nitrogens with one attached hydrogen (secondary N) is 2. The third-order valence-corrected chi connectivity index (χ3v) is 4.69. The summed E-state index contributed by atoms with van der Waals surface area (Å²) in [6, 6.07) is 6.04. The van der Waals surface area contributed by atoms with Gasteiger partial charge in [0, 0.05) is 0 Å². The van der Waals surface area contributed by atoms with E-state index in [4.69, 9.17) is 23.2 Å². The molecular formula is C11H7Cl2N5O2S. The topological polar surface area (TPSA) is 101 Å². The molecule has 0 aliphatic carbocycles. The Morgan fingerprint density at radius 3 is 2.67 bits per heavy atom. The van der Waals surface area contributed by atoms with Crippen molar-refractivity contribution in [1.82, 2.24) is 19.9 Å². The molecule has 0 atom stereocenters. The number of sulfonamides is 1. The zero-order valence-corrected chi connectivity index (χ0v) is 12.5. The van der Waals surface area contributed by atoms with Crippen molar-refractivity contribution < 1.29 is 8.42 Å². The van der Waals surface area contributed by atoms with Gasteiger partial charge in [-0.15, -0.1) is 0 Å². The number of hydrogen-bond donors (Lipinski definition) is 2. The Labute approximate surface area is 129 Å². The minimum atomic E-state index is -3.92. The van der Waals surface area contributed by atoms with Gasteiger partial charge in [0.25, 0.3) is 10.0 Å². The van der Waals surface area contributed by atoms with Crippen LogP contribution in [0.25, 0.3) is 11.2 Å². The quantitative estimate of drug-likeness (QED) is 0.711. The maximum absolute atomic E-state index is 12.3. The molecule has 0 fully saturated rings. The standard InChI is InChI=1S/C11H7Cl2N5O2S/c12-6-3-1-2-4-7(6)21(19,20)18-11-16-9(13)8-10(17-11)15-5-14-8/h1-5H,(H2,14,15,16,17,18). The first-order chi connectivity index (χ1) is 9.97. The first kappa shape index (κ1) is 14.1. The Hall–Kier alpha value is -1.90. The molecule has 0 radical (unpaired) electrons. The van der Waals surface area contributed by atoms with E-state index in [-0.39, 0.29) is 26.7 Å². The third-order valence-electron chi connectivity index (χ3n) is 2.59. The number of rotatable bonds is 3. The molecule has 2 N–H and O–H groups in total. The average Bonchev–Trinajstić information content (AvgIpc) is 2.87. The van der Waals surface area contributed by atoms with Gasteiger partial charge >= 0.3 is 0 Å². The number of fused-ring (bicyclic) bond motifs is 1. The maximum Gasteiger partial charge on any atom is 0.265 e. The van der Waals surface area contributed by atoms with Crippen LogP contribution in [0.1, 0.15) is 0 Å². The lowest BCUT2D eigenvalue weighted by Gasteiger charge is -2.08. The summed E-state index contributed by atoms with van der Waals surface area (Å²) in [5.74, 6) is -0.181. The largest absolute Gasteiger partial charge is 0.341 e. The van der Waals surface area contributed by atoms with Gasteiger partial charge in [-0.25, -0.2) is 18.1 Å². The average molecular weight is 344 g/mol. The smallest absolute Gasteiger partial charge is 0.265 e. The summed E-state index contributed by atoms with van der Waals surface area (Å²) in [6.45, 7) is 0. The minimum absolute atomic E-state index is 0.0642. The van der Waals surface area contributed by atoms with Gasteiger partial charge in [0.1, 0.15) is 10.4 Å². The zero-order chi connectivity index (χ0) is 15.0. The van der Waals surface area contributed by atoms with Gasteiger partial charge in [0.2, 0.25) is 5.95 Å². The van der Waals surface area contributed by atoms with E-state index in [1.54, 1.807) is 12.1 Å². The number of hydrogen-bond acceptors (Lipinski definition) is 5. The van der Waals surface area contributed by atoms with E-state index < -0.39 is 10.0 Å². The molecule has 0 saturated heterocycles. The van der Waals surface area contributed by atoms with Crippen molar-refractivity contribution in [3.8, 4) is 0 Å². The lowest BCUT2D eigenvalue weighted by atomic mass is 10.4. The fourth-order valence-electron chi connectivity index (χ4n) is 1.68. The Kier molecular flexibility index (Phi) is 3.44. The highest BCUT2D eigenvalue weighted by molar-refractivity contribution is 7.92. The molecule has 0 saturated carbocycles. The normalized spacial score (nSPS) is 11.7. The van der Waals surface area contributed by atoms with Crippen LogP contribution in [-0.2, 0) is 10.0 Å². The Balaban J connectivity index is 2.03. The number of nitrogens with zero attached hydrogens (tertiary/aromatic N) is 3. The zero-order valence-electron chi connectivity index (χ0n) is 10.2. The summed E-state index contributed by atoms with van der Waals surface area (Å²) in [6.07, 6.45) is 1.39. The van der Waals surface area contributed by atoms with Crippen molar-refractivity contribution in [2.45, 2.75) is 4.90 Å². The number of aromatic nitrogens is 4. The van der Waals surface area contributed by atoms with Crippen molar-refractivity contribution >= 4 is 50.3 Å². The van der Waals surface area contributed by atoms with Crippen LogP contribution in [0.3, 0.4) is 0 Å². The highest BCUT2D eigenvalue weighted by Gasteiger charge is 2.20. The van der Waals surface area contributed by atoms with Crippen molar-refractivity contribution in [2.24, 2.45) is 0 Å². The van der Waals surface area contributed by atoms with Crippen LogP contribution < -0.4 is 4.72 Å². The van der Waals surface area contributed by atoms with E-state index in [0.717, 1.165) is 0 Å². The van der Waals surface area contributed by atoms with Gasteiger partial charge in [-0.2, -0.15) is 9.97 Å². The molecule has 2 heterocycles. The molecule has 2 aromatic heterocycles. The molecule has 1 aromatic carbocycles. The second kappa shape index (κ2) is 5.14. The van der Waals surface area contributed by atoms with Crippen LogP contribution in [0.2, 0.25) is 10.2 Å². The second-order valence-corrected chi connectivity index (χ2v) is 6.39. The van der Waals surface area contributed by atoms with Crippen molar-refractivity contribution in [1.29, 1.82) is 0 Å². The molecule has 0 bridgehead atoms. The van der Waals surface area contributed by atoms with E-state index in [0.29, 0.717) is 5.52 Å². The predicted molar refractivity (Wildman–Crippen MR) is 79.0 cm³/mol. The van der Waals surface area contributed by atoms with E-state index >= 15 is 0 Å². The number of benzene rings is 1. The van der Waals surface area contributed by atoms with Crippen LogP contribution in [-0.4, -0.2) is 28.4 Å². The fourth-order valence-corrected chi connectivity index (χ4v) is 3.36. The van der Waals surface area contributed by atoms with Crippen molar-refractivity contribution in [2.75, 3.05) is 4.72 Å². The van der Waals surface area contributed by atoms with Gasteiger partial charge in [0.15, 0.2) is 10.8 Å². The molecule has 21 heavy (non-hydrogen) atoms. The van der Waals surface area contributed by atoms with E-state index in [2.05, 4.69) is 24.7 Å². The monoisotopic (exact) mass is 343 g/mol. The molecule has 0 unspecified atom stereocenters. The first-order valence-electron chi connectivity index (χ1n) is 5.61. The Morgan fingerprint density at radius 2 is 1.90 bits per heavy atom. The highest BCUT2D eigenvalue weighted by atomic mass is 35.5. The maximum atomic E-state index is 12.3. The molecule has 0 aliphatic heterocycles. The van der Waals surface area contributed by atoms with Crippen LogP contribution in [0.5, 0.6) is 0 Å². The molecule has 3 rings (SSSR count). The second-order valence-electron chi connectivity index (χ2n) is 3.98. The van der Waals surface area contributed by atoms with Crippen LogP contribution in [0.15, 0.2) is 35.5 Å². The van der Waals surface area contributed by atoms with Crippen LogP contribution in [0, 0.1) is 0 Å². The number of halogens is 2. The first-order valence-corrected chi connectivity index (χ1v) is 7.85.